The van der Waals surface area contributed by atoms with E-state index in [0.717, 1.165) is 15.9 Å². The third-order valence-electron chi connectivity index (χ3n) is 4.73. The normalized spacial score (nSPS) is 11.8. The Hall–Kier alpha value is -2.52. The average molecular weight is 518 g/mol. The molecule has 0 atom stereocenters. The largest absolute Gasteiger partial charge is 0.302 e. The number of carbonyl (C=O) groups excluding carboxylic acids is 1. The first-order chi connectivity index (χ1) is 15.2. The minimum absolute atomic E-state index is 0.0800. The van der Waals surface area contributed by atoms with Crippen molar-refractivity contribution in [2.24, 2.45) is 5.10 Å². The van der Waals surface area contributed by atoms with Gasteiger partial charge in [0, 0.05) is 22.1 Å². The summed E-state index contributed by atoms with van der Waals surface area (Å²) in [6, 6.07) is 12.8. The van der Waals surface area contributed by atoms with Crippen LogP contribution in [0.15, 0.2) is 57.2 Å². The topological polar surface area (TPSA) is 72.2 Å². The second-order valence-electron chi connectivity index (χ2n) is 8.13. The Kier molecular flexibility index (Phi) is 7.84. The molecule has 0 radical (unpaired) electrons. The maximum absolute atomic E-state index is 13.7. The van der Waals surface area contributed by atoms with E-state index in [9.17, 15) is 9.18 Å². The van der Waals surface area contributed by atoms with Crippen molar-refractivity contribution in [1.82, 2.24) is 20.2 Å². The van der Waals surface area contributed by atoms with E-state index in [1.54, 1.807) is 12.1 Å². The van der Waals surface area contributed by atoms with Gasteiger partial charge in [-0.1, -0.05) is 72.7 Å². The molecule has 6 nitrogen and oxygen atoms in total. The minimum atomic E-state index is -0.417. The fourth-order valence-electron chi connectivity index (χ4n) is 2.96. The molecule has 0 saturated carbocycles. The van der Waals surface area contributed by atoms with Gasteiger partial charge in [0.15, 0.2) is 11.0 Å². The van der Waals surface area contributed by atoms with Crippen LogP contribution in [0.5, 0.6) is 0 Å². The SMILES string of the molecule is CCn1c(SCC(=O)N/N=C/c2cc(Br)ccc2F)nnc1-c1ccc(C(C)(C)C)cc1. The number of hydrogen-bond donors (Lipinski definition) is 1. The highest BCUT2D eigenvalue weighted by atomic mass is 79.9. The van der Waals surface area contributed by atoms with Gasteiger partial charge in [-0.2, -0.15) is 5.10 Å². The molecule has 168 valence electrons. The molecule has 32 heavy (non-hydrogen) atoms. The van der Waals surface area contributed by atoms with E-state index < -0.39 is 5.82 Å². The summed E-state index contributed by atoms with van der Waals surface area (Å²) in [6.07, 6.45) is 1.27. The highest BCUT2D eigenvalue weighted by Crippen LogP contribution is 2.27. The number of halogens is 2. The van der Waals surface area contributed by atoms with Gasteiger partial charge in [-0.25, -0.2) is 9.82 Å². The van der Waals surface area contributed by atoms with Gasteiger partial charge in [0.05, 0.1) is 12.0 Å². The predicted octanol–water partition coefficient (Wildman–Crippen LogP) is 5.41. The first-order valence-corrected chi connectivity index (χ1v) is 11.9. The smallest absolute Gasteiger partial charge is 0.250 e. The van der Waals surface area contributed by atoms with Gasteiger partial charge in [-0.05, 0) is 36.1 Å². The Bertz CT molecular complexity index is 1120. The predicted molar refractivity (Wildman–Crippen MR) is 130 cm³/mol. The number of amides is 1. The van der Waals surface area contributed by atoms with Crippen molar-refractivity contribution in [3.8, 4) is 11.4 Å². The van der Waals surface area contributed by atoms with Crippen molar-refractivity contribution in [1.29, 1.82) is 0 Å². The third-order valence-corrected chi connectivity index (χ3v) is 6.19. The summed E-state index contributed by atoms with van der Waals surface area (Å²) in [5.74, 6) is 0.140. The number of nitrogens with one attached hydrogen (secondary N) is 1. The lowest BCUT2D eigenvalue weighted by Gasteiger charge is -2.19. The van der Waals surface area contributed by atoms with E-state index >= 15 is 0 Å². The van der Waals surface area contributed by atoms with Gasteiger partial charge in [0.25, 0.3) is 5.91 Å². The fourth-order valence-corrected chi connectivity index (χ4v) is 4.14. The van der Waals surface area contributed by atoms with Crippen LogP contribution in [0.25, 0.3) is 11.4 Å². The summed E-state index contributed by atoms with van der Waals surface area (Å²) in [5.41, 5.74) is 5.00. The maximum atomic E-state index is 13.7. The third kappa shape index (κ3) is 6.04. The van der Waals surface area contributed by atoms with E-state index in [-0.39, 0.29) is 22.6 Å². The molecule has 1 aromatic heterocycles. The van der Waals surface area contributed by atoms with E-state index in [1.807, 2.05) is 23.6 Å². The number of rotatable bonds is 7. The van der Waals surface area contributed by atoms with Gasteiger partial charge in [-0.3, -0.25) is 4.79 Å². The summed E-state index contributed by atoms with van der Waals surface area (Å²) in [7, 11) is 0. The lowest BCUT2D eigenvalue weighted by Crippen LogP contribution is -2.20. The highest BCUT2D eigenvalue weighted by molar-refractivity contribution is 9.10. The zero-order valence-corrected chi connectivity index (χ0v) is 20.8. The summed E-state index contributed by atoms with van der Waals surface area (Å²) < 4.78 is 16.4. The summed E-state index contributed by atoms with van der Waals surface area (Å²) in [5, 5.41) is 13.1. The number of aromatic nitrogens is 3. The second-order valence-corrected chi connectivity index (χ2v) is 9.98. The Morgan fingerprint density at radius 2 is 1.94 bits per heavy atom. The highest BCUT2D eigenvalue weighted by Gasteiger charge is 2.17. The molecule has 0 fully saturated rings. The van der Waals surface area contributed by atoms with Crippen LogP contribution in [-0.4, -0.2) is 32.6 Å². The van der Waals surface area contributed by atoms with Gasteiger partial charge >= 0.3 is 0 Å². The number of hydrogen-bond acceptors (Lipinski definition) is 5. The number of hydrazone groups is 1. The molecule has 1 heterocycles. The lowest BCUT2D eigenvalue weighted by molar-refractivity contribution is -0.118. The summed E-state index contributed by atoms with van der Waals surface area (Å²) in [4.78, 5) is 12.2. The number of nitrogens with zero attached hydrogens (tertiary/aromatic N) is 4. The lowest BCUT2D eigenvalue weighted by atomic mass is 9.87. The molecule has 0 spiro atoms. The summed E-state index contributed by atoms with van der Waals surface area (Å²) in [6.45, 7) is 9.21. The summed E-state index contributed by atoms with van der Waals surface area (Å²) >= 11 is 4.55. The van der Waals surface area contributed by atoms with Crippen LogP contribution in [0.2, 0.25) is 0 Å². The molecule has 1 N–H and O–H groups in total. The molecule has 0 saturated heterocycles. The first-order valence-electron chi connectivity index (χ1n) is 10.1. The van der Waals surface area contributed by atoms with Crippen molar-refractivity contribution in [2.75, 3.05) is 5.75 Å². The molecule has 9 heteroatoms. The standard InChI is InChI=1S/C23H25BrFN5OS/c1-5-30-21(15-6-8-17(9-7-15)23(2,3)4)28-29-22(30)32-14-20(31)27-26-13-16-12-18(24)10-11-19(16)25/h6-13H,5,14H2,1-4H3,(H,27,31)/b26-13+. The molecule has 0 aliphatic heterocycles. The van der Waals surface area contributed by atoms with Crippen LogP contribution in [-0.2, 0) is 16.8 Å². The molecule has 0 bridgehead atoms. The van der Waals surface area contributed by atoms with Crippen LogP contribution < -0.4 is 5.43 Å². The van der Waals surface area contributed by atoms with Gasteiger partial charge in [0.2, 0.25) is 0 Å². The zero-order chi connectivity index (χ0) is 23.3. The molecule has 0 aliphatic carbocycles. The zero-order valence-electron chi connectivity index (χ0n) is 18.4. The van der Waals surface area contributed by atoms with Gasteiger partial charge < -0.3 is 4.57 Å². The molecule has 3 aromatic rings. The molecule has 0 unspecified atom stereocenters. The van der Waals surface area contributed by atoms with Crippen LogP contribution in [0, 0.1) is 5.82 Å². The minimum Gasteiger partial charge on any atom is -0.302 e. The van der Waals surface area contributed by atoms with E-state index in [1.165, 1.54) is 29.6 Å². The Morgan fingerprint density at radius 3 is 2.59 bits per heavy atom. The monoisotopic (exact) mass is 517 g/mol. The van der Waals surface area contributed by atoms with E-state index in [2.05, 4.69) is 69.6 Å². The van der Waals surface area contributed by atoms with Crippen molar-refractivity contribution in [3.05, 3.63) is 63.9 Å². The molecule has 0 aliphatic rings. The van der Waals surface area contributed by atoms with E-state index in [4.69, 9.17) is 0 Å². The molecule has 1 amide bonds. The Balaban J connectivity index is 1.63. The molecule has 2 aromatic carbocycles. The number of carbonyl (C=O) groups is 1. The number of benzene rings is 2. The number of thioether (sulfide) groups is 1. The maximum Gasteiger partial charge on any atom is 0.250 e. The van der Waals surface area contributed by atoms with Crippen molar-refractivity contribution in [3.63, 3.8) is 0 Å². The van der Waals surface area contributed by atoms with E-state index in [0.29, 0.717) is 11.7 Å². The first kappa shape index (κ1) is 24.1. The second kappa shape index (κ2) is 10.4. The van der Waals surface area contributed by atoms with Crippen molar-refractivity contribution < 1.29 is 9.18 Å². The van der Waals surface area contributed by atoms with Crippen molar-refractivity contribution >= 4 is 39.8 Å². The molecular weight excluding hydrogens is 493 g/mol. The van der Waals surface area contributed by atoms with Crippen LogP contribution in [0.3, 0.4) is 0 Å². The van der Waals surface area contributed by atoms with Crippen LogP contribution in [0.1, 0.15) is 38.8 Å². The van der Waals surface area contributed by atoms with Crippen LogP contribution >= 0.6 is 27.7 Å². The quantitative estimate of drug-likeness (QED) is 0.258. The fraction of sp³-hybridized carbons (Fsp3) is 0.304. The molecular formula is C23H25BrFN5OS. The van der Waals surface area contributed by atoms with Crippen molar-refractivity contribution in [2.45, 2.75) is 44.8 Å². The van der Waals surface area contributed by atoms with Crippen LogP contribution in [0.4, 0.5) is 4.39 Å². The molecule has 3 rings (SSSR count). The van der Waals surface area contributed by atoms with Gasteiger partial charge in [-0.15, -0.1) is 10.2 Å². The average Bonchev–Trinajstić information content (AvgIpc) is 3.17. The Labute approximate surface area is 199 Å². The Morgan fingerprint density at radius 1 is 1.22 bits per heavy atom. The van der Waals surface area contributed by atoms with Gasteiger partial charge in [0.1, 0.15) is 5.82 Å².